The largest absolute Gasteiger partial charge is 0.330 e. The monoisotopic (exact) mass is 270 g/mol. The van der Waals surface area contributed by atoms with E-state index in [0.717, 1.165) is 19.0 Å². The summed E-state index contributed by atoms with van der Waals surface area (Å²) in [7, 11) is 0. The molecule has 0 aliphatic heterocycles. The third kappa shape index (κ3) is 1.64. The summed E-state index contributed by atoms with van der Waals surface area (Å²) < 4.78 is 28.4. The minimum atomic E-state index is -0.850. The molecule has 3 aromatic rings. The van der Waals surface area contributed by atoms with Crippen LogP contribution in [0.4, 0.5) is 8.78 Å². The summed E-state index contributed by atoms with van der Waals surface area (Å²) in [6, 6.07) is 10.7. The number of aromatic nitrogens is 2. The first-order chi connectivity index (χ1) is 9.72. The van der Waals surface area contributed by atoms with Gasteiger partial charge >= 0.3 is 0 Å². The molecule has 0 fully saturated rings. The van der Waals surface area contributed by atoms with E-state index >= 15 is 0 Å². The molecule has 1 aliphatic rings. The van der Waals surface area contributed by atoms with E-state index in [1.54, 1.807) is 6.33 Å². The van der Waals surface area contributed by atoms with Crippen LogP contribution in [0.5, 0.6) is 0 Å². The van der Waals surface area contributed by atoms with Crippen molar-refractivity contribution in [3.05, 3.63) is 65.5 Å². The van der Waals surface area contributed by atoms with E-state index in [2.05, 4.69) is 17.1 Å². The van der Waals surface area contributed by atoms with E-state index in [1.165, 1.54) is 17.2 Å². The minimum Gasteiger partial charge on any atom is -0.330 e. The lowest BCUT2D eigenvalue weighted by Gasteiger charge is -2.30. The molecule has 1 atom stereocenters. The number of benzene rings is 2. The summed E-state index contributed by atoms with van der Waals surface area (Å²) in [5, 5.41) is 0. The topological polar surface area (TPSA) is 17.8 Å². The second-order valence-electron chi connectivity index (χ2n) is 5.25. The third-order valence-electron chi connectivity index (χ3n) is 4.04. The van der Waals surface area contributed by atoms with Crippen LogP contribution in [0.1, 0.15) is 17.0 Å². The molecule has 1 aromatic heterocycles. The molecule has 1 aliphatic carbocycles. The number of nitrogens with zero attached hydrogens (tertiary/aromatic N) is 2. The molecular formula is C16H12F2N2. The molecule has 0 saturated carbocycles. The van der Waals surface area contributed by atoms with E-state index in [-0.39, 0.29) is 0 Å². The van der Waals surface area contributed by atoms with Crippen molar-refractivity contribution < 1.29 is 8.78 Å². The van der Waals surface area contributed by atoms with Gasteiger partial charge in [0.05, 0.1) is 17.4 Å². The zero-order chi connectivity index (χ0) is 13.7. The highest BCUT2D eigenvalue weighted by Crippen LogP contribution is 2.36. The molecule has 1 heterocycles. The Hall–Kier alpha value is -2.23. The van der Waals surface area contributed by atoms with Crippen molar-refractivity contribution in [1.82, 2.24) is 9.55 Å². The van der Waals surface area contributed by atoms with E-state index in [0.29, 0.717) is 17.0 Å². The van der Waals surface area contributed by atoms with Crippen molar-refractivity contribution >= 4 is 11.0 Å². The van der Waals surface area contributed by atoms with Gasteiger partial charge in [0.1, 0.15) is 0 Å². The van der Waals surface area contributed by atoms with Crippen molar-refractivity contribution in [3.63, 3.8) is 0 Å². The maximum absolute atomic E-state index is 13.4. The van der Waals surface area contributed by atoms with E-state index in [9.17, 15) is 8.78 Å². The molecule has 0 amide bonds. The van der Waals surface area contributed by atoms with Gasteiger partial charge in [-0.1, -0.05) is 24.3 Å². The normalized spacial score (nSPS) is 17.0. The molecule has 2 aromatic carbocycles. The minimum absolute atomic E-state index is 0.428. The van der Waals surface area contributed by atoms with Crippen LogP contribution < -0.4 is 0 Å². The summed E-state index contributed by atoms with van der Waals surface area (Å²) in [5.74, 6) is -1.25. The van der Waals surface area contributed by atoms with Crippen molar-refractivity contribution in [2.75, 3.05) is 0 Å². The van der Waals surface area contributed by atoms with Gasteiger partial charge in [-0.05, 0) is 17.5 Å². The van der Waals surface area contributed by atoms with Crippen LogP contribution in [0.3, 0.4) is 0 Å². The van der Waals surface area contributed by atoms with E-state index in [4.69, 9.17) is 0 Å². The Balaban J connectivity index is 1.69. The van der Waals surface area contributed by atoms with Gasteiger partial charge in [-0.3, -0.25) is 0 Å². The number of imidazole rings is 1. The maximum Gasteiger partial charge on any atom is 0.161 e. The number of rotatable bonds is 2. The molecular weight excluding hydrogens is 258 g/mol. The molecule has 0 N–H and O–H groups in total. The summed E-state index contributed by atoms with van der Waals surface area (Å²) in [6.07, 6.45) is 2.68. The van der Waals surface area contributed by atoms with E-state index < -0.39 is 11.6 Å². The average Bonchev–Trinajstić information content (AvgIpc) is 2.79. The highest BCUT2D eigenvalue weighted by molar-refractivity contribution is 5.75. The predicted molar refractivity (Wildman–Crippen MR) is 72.5 cm³/mol. The van der Waals surface area contributed by atoms with Gasteiger partial charge in [0.25, 0.3) is 0 Å². The fraction of sp³-hybridized carbons (Fsp3) is 0.188. The molecule has 0 radical (unpaired) electrons. The van der Waals surface area contributed by atoms with E-state index in [1.807, 2.05) is 16.7 Å². The zero-order valence-electron chi connectivity index (χ0n) is 10.7. The number of halogens is 2. The molecule has 100 valence electrons. The van der Waals surface area contributed by atoms with Gasteiger partial charge in [-0.2, -0.15) is 0 Å². The van der Waals surface area contributed by atoms with Crippen LogP contribution in [0, 0.1) is 11.6 Å². The first-order valence-electron chi connectivity index (χ1n) is 6.60. The number of fused-ring (bicyclic) bond motifs is 2. The van der Waals surface area contributed by atoms with Crippen LogP contribution in [0.2, 0.25) is 0 Å². The second-order valence-corrected chi connectivity index (χ2v) is 5.25. The summed E-state index contributed by atoms with van der Waals surface area (Å²) >= 11 is 0. The Kier molecular flexibility index (Phi) is 2.39. The SMILES string of the molecule is Fc1cc2ncn(CC3Cc4ccccc43)c2cc1F. The Morgan fingerprint density at radius 3 is 2.80 bits per heavy atom. The number of hydrogen-bond acceptors (Lipinski definition) is 1. The van der Waals surface area contributed by atoms with Gasteiger partial charge < -0.3 is 4.57 Å². The van der Waals surface area contributed by atoms with Gasteiger partial charge in [-0.15, -0.1) is 0 Å². The maximum atomic E-state index is 13.4. The summed E-state index contributed by atoms with van der Waals surface area (Å²) in [6.45, 7) is 0.749. The lowest BCUT2D eigenvalue weighted by atomic mass is 9.77. The van der Waals surface area contributed by atoms with Gasteiger partial charge in [0.2, 0.25) is 0 Å². The molecule has 4 rings (SSSR count). The van der Waals surface area contributed by atoms with Crippen LogP contribution >= 0.6 is 0 Å². The Morgan fingerprint density at radius 1 is 1.15 bits per heavy atom. The molecule has 2 nitrogen and oxygen atoms in total. The number of hydrogen-bond donors (Lipinski definition) is 0. The highest BCUT2D eigenvalue weighted by Gasteiger charge is 2.26. The molecule has 1 unspecified atom stereocenters. The average molecular weight is 270 g/mol. The fourth-order valence-electron chi connectivity index (χ4n) is 2.96. The first kappa shape index (κ1) is 11.6. The van der Waals surface area contributed by atoms with Crippen molar-refractivity contribution in [2.24, 2.45) is 0 Å². The van der Waals surface area contributed by atoms with Gasteiger partial charge in [0, 0.05) is 24.6 Å². The van der Waals surface area contributed by atoms with Crippen LogP contribution in [-0.4, -0.2) is 9.55 Å². The van der Waals surface area contributed by atoms with Crippen LogP contribution in [0.25, 0.3) is 11.0 Å². The van der Waals surface area contributed by atoms with Gasteiger partial charge in [-0.25, -0.2) is 13.8 Å². The Labute approximate surface area is 114 Å². The predicted octanol–water partition coefficient (Wildman–Crippen LogP) is 3.65. The second kappa shape index (κ2) is 4.13. The Bertz CT molecular complexity index is 807. The highest BCUT2D eigenvalue weighted by atomic mass is 19.2. The lowest BCUT2D eigenvalue weighted by molar-refractivity contribution is 0.505. The summed E-state index contributed by atoms with van der Waals surface area (Å²) in [4.78, 5) is 4.14. The quantitative estimate of drug-likeness (QED) is 0.695. The molecule has 0 spiro atoms. The van der Waals surface area contributed by atoms with Crippen LogP contribution in [0.15, 0.2) is 42.7 Å². The molecule has 20 heavy (non-hydrogen) atoms. The van der Waals surface area contributed by atoms with Crippen molar-refractivity contribution in [1.29, 1.82) is 0 Å². The first-order valence-corrected chi connectivity index (χ1v) is 6.60. The zero-order valence-corrected chi connectivity index (χ0v) is 10.7. The summed E-state index contributed by atoms with van der Waals surface area (Å²) in [5.41, 5.74) is 3.86. The lowest BCUT2D eigenvalue weighted by Crippen LogP contribution is -2.21. The fourth-order valence-corrected chi connectivity index (χ4v) is 2.96. The molecule has 0 bridgehead atoms. The molecule has 0 saturated heterocycles. The van der Waals surface area contributed by atoms with Crippen LogP contribution in [-0.2, 0) is 13.0 Å². The smallest absolute Gasteiger partial charge is 0.161 e. The Morgan fingerprint density at radius 2 is 1.95 bits per heavy atom. The van der Waals surface area contributed by atoms with Crippen molar-refractivity contribution in [2.45, 2.75) is 18.9 Å². The molecule has 4 heteroatoms. The third-order valence-corrected chi connectivity index (χ3v) is 4.04. The van der Waals surface area contributed by atoms with Crippen molar-refractivity contribution in [3.8, 4) is 0 Å². The van der Waals surface area contributed by atoms with Gasteiger partial charge in [0.15, 0.2) is 11.6 Å². The standard InChI is InChI=1S/C16H12F2N2/c17-13-6-15-16(7-14(13)18)20(9-19-15)8-11-5-10-3-1-2-4-12(10)11/h1-4,6-7,9,11H,5,8H2.